The van der Waals surface area contributed by atoms with E-state index in [0.29, 0.717) is 0 Å². The molecule has 0 aromatic heterocycles. The van der Waals surface area contributed by atoms with Crippen LogP contribution in [0.1, 0.15) is 75.1 Å². The van der Waals surface area contributed by atoms with Gasteiger partial charge in [0.25, 0.3) is 0 Å². The van der Waals surface area contributed by atoms with E-state index in [9.17, 15) is 5.11 Å². The summed E-state index contributed by atoms with van der Waals surface area (Å²) in [6.45, 7) is 2.24. The van der Waals surface area contributed by atoms with E-state index in [-0.39, 0.29) is 36.5 Å². The molecule has 2 aromatic rings. The normalized spacial score (nSPS) is 23.1. The lowest BCUT2D eigenvalue weighted by molar-refractivity contribution is 0.0253. The predicted octanol–water partition coefficient (Wildman–Crippen LogP) is 6.24. The van der Waals surface area contributed by atoms with E-state index in [1.807, 2.05) is 24.3 Å². The minimum Gasteiger partial charge on any atom is -0.497 e. The second-order valence-corrected chi connectivity index (χ2v) is 8.41. The molecule has 0 aliphatic carbocycles. The molecule has 2 aromatic carbocycles. The Labute approximate surface area is 193 Å². The van der Waals surface area contributed by atoms with E-state index in [4.69, 9.17) is 9.47 Å². The van der Waals surface area contributed by atoms with E-state index in [1.54, 1.807) is 14.2 Å². The molecule has 1 heterocycles. The lowest BCUT2D eigenvalue weighted by Crippen LogP contribution is -2.44. The summed E-state index contributed by atoms with van der Waals surface area (Å²) in [5.41, 5.74) is 2.40. The molecule has 0 bridgehead atoms. The van der Waals surface area contributed by atoms with Crippen molar-refractivity contribution in [3.05, 3.63) is 59.7 Å². The number of halogens is 1. The second kappa shape index (κ2) is 12.9. The number of piperidine rings is 1. The summed E-state index contributed by atoms with van der Waals surface area (Å²) in [4.78, 5) is 0. The van der Waals surface area contributed by atoms with Gasteiger partial charge in [-0.2, -0.15) is 0 Å². The number of nitrogens with one attached hydrogen (secondary N) is 1. The third-order valence-corrected chi connectivity index (χ3v) is 6.41. The van der Waals surface area contributed by atoms with E-state index in [0.717, 1.165) is 24.3 Å². The zero-order chi connectivity index (χ0) is 21.3. The topological polar surface area (TPSA) is 50.7 Å². The third-order valence-electron chi connectivity index (χ3n) is 6.41. The monoisotopic (exact) mass is 447 g/mol. The number of hydrogen-bond donors (Lipinski definition) is 2. The van der Waals surface area contributed by atoms with Crippen LogP contribution in [0.15, 0.2) is 48.5 Å². The number of hydrogen-bond acceptors (Lipinski definition) is 4. The second-order valence-electron chi connectivity index (χ2n) is 8.41. The van der Waals surface area contributed by atoms with Crippen LogP contribution < -0.4 is 14.8 Å². The van der Waals surface area contributed by atoms with Gasteiger partial charge in [0.2, 0.25) is 0 Å². The van der Waals surface area contributed by atoms with Crippen LogP contribution in [-0.2, 0) is 0 Å². The average molecular weight is 448 g/mol. The minimum atomic E-state index is -0.323. The SMILES string of the molecule is CCCCCCCC1C(O)CC(c2ccc(OC)cc2)NC1c1ccc(OC)cc1.Cl. The number of benzene rings is 2. The molecular formula is C26H38ClNO3. The highest BCUT2D eigenvalue weighted by Gasteiger charge is 2.37. The summed E-state index contributed by atoms with van der Waals surface area (Å²) in [6, 6.07) is 16.7. The highest BCUT2D eigenvalue weighted by molar-refractivity contribution is 5.85. The van der Waals surface area contributed by atoms with Gasteiger partial charge >= 0.3 is 0 Å². The molecule has 5 heteroatoms. The molecule has 1 aliphatic heterocycles. The van der Waals surface area contributed by atoms with Gasteiger partial charge in [0, 0.05) is 18.0 Å². The van der Waals surface area contributed by atoms with Crippen molar-refractivity contribution in [2.45, 2.75) is 70.1 Å². The van der Waals surface area contributed by atoms with Crippen molar-refractivity contribution < 1.29 is 14.6 Å². The molecule has 0 radical (unpaired) electrons. The summed E-state index contributed by atoms with van der Waals surface area (Å²) < 4.78 is 10.6. The lowest BCUT2D eigenvalue weighted by atomic mass is 9.77. The average Bonchev–Trinajstić information content (AvgIpc) is 2.79. The van der Waals surface area contributed by atoms with Crippen molar-refractivity contribution in [2.24, 2.45) is 5.92 Å². The Bertz CT molecular complexity index is 750. The van der Waals surface area contributed by atoms with Crippen LogP contribution in [0.5, 0.6) is 11.5 Å². The molecule has 0 saturated carbocycles. The van der Waals surface area contributed by atoms with Gasteiger partial charge in [0.1, 0.15) is 11.5 Å². The smallest absolute Gasteiger partial charge is 0.118 e. The maximum absolute atomic E-state index is 11.1. The van der Waals surface area contributed by atoms with Crippen molar-refractivity contribution in [3.63, 3.8) is 0 Å². The van der Waals surface area contributed by atoms with Crippen molar-refractivity contribution >= 4 is 12.4 Å². The van der Waals surface area contributed by atoms with Crippen LogP contribution in [0, 0.1) is 5.92 Å². The molecule has 4 unspecified atom stereocenters. The summed E-state index contributed by atoms with van der Waals surface area (Å²) in [5.74, 6) is 1.93. The van der Waals surface area contributed by atoms with Crippen molar-refractivity contribution in [3.8, 4) is 11.5 Å². The van der Waals surface area contributed by atoms with Gasteiger partial charge < -0.3 is 19.9 Å². The molecule has 31 heavy (non-hydrogen) atoms. The quantitative estimate of drug-likeness (QED) is 0.423. The molecule has 0 spiro atoms. The van der Waals surface area contributed by atoms with Gasteiger partial charge in [-0.05, 0) is 48.2 Å². The molecule has 0 amide bonds. The lowest BCUT2D eigenvalue weighted by Gasteiger charge is -2.41. The minimum absolute atomic E-state index is 0. The Balaban J connectivity index is 0.00000341. The van der Waals surface area contributed by atoms with Crippen molar-refractivity contribution in [1.29, 1.82) is 0 Å². The molecule has 2 N–H and O–H groups in total. The standard InChI is InChI=1S/C26H37NO3.ClH/c1-4-5-6-7-8-9-23-25(28)18-24(19-10-14-21(29-2)15-11-19)27-26(23)20-12-16-22(30-3)17-13-20;/h10-17,23-28H,4-9,18H2,1-3H3;1H. The Morgan fingerprint density at radius 3 is 1.94 bits per heavy atom. The van der Waals surface area contributed by atoms with E-state index >= 15 is 0 Å². The predicted molar refractivity (Wildman–Crippen MR) is 129 cm³/mol. The number of rotatable bonds is 10. The molecule has 4 nitrogen and oxygen atoms in total. The zero-order valence-electron chi connectivity index (χ0n) is 19.0. The third kappa shape index (κ3) is 6.86. The summed E-state index contributed by atoms with van der Waals surface area (Å²) >= 11 is 0. The van der Waals surface area contributed by atoms with Crippen molar-refractivity contribution in [1.82, 2.24) is 5.32 Å². The highest BCUT2D eigenvalue weighted by atomic mass is 35.5. The van der Waals surface area contributed by atoms with Gasteiger partial charge in [-0.15, -0.1) is 12.4 Å². The molecule has 1 aliphatic rings. The Morgan fingerprint density at radius 2 is 1.39 bits per heavy atom. The first-order valence-corrected chi connectivity index (χ1v) is 11.4. The van der Waals surface area contributed by atoms with E-state index in [1.165, 1.54) is 43.2 Å². The molecular weight excluding hydrogens is 410 g/mol. The van der Waals surface area contributed by atoms with Crippen LogP contribution in [0.4, 0.5) is 0 Å². The number of unbranched alkanes of at least 4 members (excludes halogenated alkanes) is 4. The first-order chi connectivity index (χ1) is 14.7. The van der Waals surface area contributed by atoms with Crippen LogP contribution in [0.3, 0.4) is 0 Å². The summed E-state index contributed by atoms with van der Waals surface area (Å²) in [6.07, 6.45) is 7.71. The highest BCUT2D eigenvalue weighted by Crippen LogP contribution is 2.40. The van der Waals surface area contributed by atoms with Gasteiger partial charge in [-0.3, -0.25) is 0 Å². The molecule has 172 valence electrons. The number of aliphatic hydroxyl groups is 1. The first kappa shape index (κ1) is 25.5. The number of ether oxygens (including phenoxy) is 2. The van der Waals surface area contributed by atoms with Crippen LogP contribution in [0.2, 0.25) is 0 Å². The Kier molecular flexibility index (Phi) is 10.7. The Hall–Kier alpha value is -1.75. The maximum Gasteiger partial charge on any atom is 0.118 e. The fourth-order valence-electron chi connectivity index (χ4n) is 4.61. The van der Waals surface area contributed by atoms with Crippen LogP contribution in [0.25, 0.3) is 0 Å². The summed E-state index contributed by atoms with van der Waals surface area (Å²) in [5, 5.41) is 15.0. The molecule has 3 rings (SSSR count). The molecule has 1 fully saturated rings. The first-order valence-electron chi connectivity index (χ1n) is 11.4. The van der Waals surface area contributed by atoms with Gasteiger partial charge in [-0.1, -0.05) is 63.3 Å². The van der Waals surface area contributed by atoms with Gasteiger partial charge in [0.05, 0.1) is 20.3 Å². The largest absolute Gasteiger partial charge is 0.497 e. The van der Waals surface area contributed by atoms with E-state index < -0.39 is 0 Å². The van der Waals surface area contributed by atoms with Gasteiger partial charge in [0.15, 0.2) is 0 Å². The van der Waals surface area contributed by atoms with Crippen molar-refractivity contribution in [2.75, 3.05) is 14.2 Å². The molecule has 1 saturated heterocycles. The maximum atomic E-state index is 11.1. The van der Waals surface area contributed by atoms with E-state index in [2.05, 4.69) is 36.5 Å². The molecule has 4 atom stereocenters. The summed E-state index contributed by atoms with van der Waals surface area (Å²) in [7, 11) is 3.37. The Morgan fingerprint density at radius 1 is 0.839 bits per heavy atom. The van der Waals surface area contributed by atoms with Gasteiger partial charge in [-0.25, -0.2) is 0 Å². The van der Waals surface area contributed by atoms with Crippen LogP contribution in [-0.4, -0.2) is 25.4 Å². The fraction of sp³-hybridized carbons (Fsp3) is 0.538. The fourth-order valence-corrected chi connectivity index (χ4v) is 4.61. The number of aliphatic hydroxyl groups excluding tert-OH is 1. The number of methoxy groups -OCH3 is 2. The van der Waals surface area contributed by atoms with Crippen LogP contribution >= 0.6 is 12.4 Å². The zero-order valence-corrected chi connectivity index (χ0v) is 19.9.